The van der Waals surface area contributed by atoms with Gasteiger partial charge in [0.05, 0.1) is 12.3 Å². The lowest BCUT2D eigenvalue weighted by atomic mass is 10.2. The fraction of sp³-hybridized carbons (Fsp3) is 0.438. The SMILES string of the molecule is OCCN1CCN(Cc2coc(-c3cccc(F)c3)n2)CC1. The van der Waals surface area contributed by atoms with Crippen molar-refractivity contribution in [3.05, 3.63) is 42.0 Å². The fourth-order valence-electron chi connectivity index (χ4n) is 2.68. The molecule has 0 saturated carbocycles. The first kappa shape index (κ1) is 15.1. The highest BCUT2D eigenvalue weighted by Gasteiger charge is 2.18. The normalized spacial score (nSPS) is 17.0. The smallest absolute Gasteiger partial charge is 0.226 e. The standard InChI is InChI=1S/C16H20FN3O2/c17-14-3-1-2-13(10-14)16-18-15(12-22-16)11-20-6-4-19(5-7-20)8-9-21/h1-3,10,12,21H,4-9,11H2. The van der Waals surface area contributed by atoms with Crippen molar-refractivity contribution < 1.29 is 13.9 Å². The summed E-state index contributed by atoms with van der Waals surface area (Å²) in [6.07, 6.45) is 1.64. The number of piperazine rings is 1. The van der Waals surface area contributed by atoms with E-state index < -0.39 is 0 Å². The van der Waals surface area contributed by atoms with Crippen LogP contribution in [0.15, 0.2) is 34.9 Å². The Balaban J connectivity index is 1.58. The van der Waals surface area contributed by atoms with Crippen LogP contribution in [-0.2, 0) is 6.54 Å². The van der Waals surface area contributed by atoms with Gasteiger partial charge >= 0.3 is 0 Å². The minimum absolute atomic E-state index is 0.209. The van der Waals surface area contributed by atoms with Gasteiger partial charge in [-0.2, -0.15) is 0 Å². The van der Waals surface area contributed by atoms with Gasteiger partial charge in [-0.3, -0.25) is 9.80 Å². The average molecular weight is 305 g/mol. The molecule has 1 aliphatic rings. The summed E-state index contributed by atoms with van der Waals surface area (Å²) >= 11 is 0. The van der Waals surface area contributed by atoms with Crippen molar-refractivity contribution in [1.82, 2.24) is 14.8 Å². The van der Waals surface area contributed by atoms with Gasteiger partial charge in [0.1, 0.15) is 12.1 Å². The van der Waals surface area contributed by atoms with E-state index >= 15 is 0 Å². The maximum absolute atomic E-state index is 13.2. The number of nitrogens with zero attached hydrogens (tertiary/aromatic N) is 3. The summed E-state index contributed by atoms with van der Waals surface area (Å²) in [5, 5.41) is 8.95. The molecule has 2 heterocycles. The Morgan fingerprint density at radius 3 is 2.68 bits per heavy atom. The molecule has 1 fully saturated rings. The van der Waals surface area contributed by atoms with E-state index in [0.717, 1.165) is 45.0 Å². The number of hydrogen-bond donors (Lipinski definition) is 1. The number of hydrogen-bond acceptors (Lipinski definition) is 5. The topological polar surface area (TPSA) is 52.7 Å². The van der Waals surface area contributed by atoms with Crippen LogP contribution in [0.1, 0.15) is 5.69 Å². The molecule has 0 aliphatic carbocycles. The minimum Gasteiger partial charge on any atom is -0.444 e. The van der Waals surface area contributed by atoms with Gasteiger partial charge in [0.2, 0.25) is 5.89 Å². The molecule has 1 aromatic carbocycles. The van der Waals surface area contributed by atoms with Crippen LogP contribution in [0.2, 0.25) is 0 Å². The lowest BCUT2D eigenvalue weighted by Gasteiger charge is -2.33. The Hall–Kier alpha value is -1.76. The highest BCUT2D eigenvalue weighted by atomic mass is 19.1. The zero-order valence-corrected chi connectivity index (χ0v) is 12.4. The van der Waals surface area contributed by atoms with E-state index in [2.05, 4.69) is 14.8 Å². The molecule has 5 nitrogen and oxygen atoms in total. The molecule has 22 heavy (non-hydrogen) atoms. The van der Waals surface area contributed by atoms with Gasteiger partial charge in [-0.15, -0.1) is 0 Å². The number of rotatable bonds is 5. The van der Waals surface area contributed by atoms with E-state index in [9.17, 15) is 4.39 Å². The third kappa shape index (κ3) is 3.71. The van der Waals surface area contributed by atoms with Crippen LogP contribution in [0, 0.1) is 5.82 Å². The first-order chi connectivity index (χ1) is 10.7. The Kier molecular flexibility index (Phi) is 4.82. The van der Waals surface area contributed by atoms with Gasteiger partial charge in [0.15, 0.2) is 0 Å². The number of aliphatic hydroxyl groups is 1. The zero-order valence-electron chi connectivity index (χ0n) is 12.4. The van der Waals surface area contributed by atoms with Crippen LogP contribution < -0.4 is 0 Å². The van der Waals surface area contributed by atoms with E-state index in [4.69, 9.17) is 9.52 Å². The Bertz CT molecular complexity index is 609. The third-order valence-corrected chi connectivity index (χ3v) is 3.89. The van der Waals surface area contributed by atoms with Crippen molar-refractivity contribution in [2.24, 2.45) is 0 Å². The third-order valence-electron chi connectivity index (χ3n) is 3.89. The molecular weight excluding hydrogens is 285 g/mol. The molecule has 6 heteroatoms. The monoisotopic (exact) mass is 305 g/mol. The van der Waals surface area contributed by atoms with Crippen LogP contribution in [-0.4, -0.2) is 59.2 Å². The maximum atomic E-state index is 13.2. The summed E-state index contributed by atoms with van der Waals surface area (Å²) in [5.41, 5.74) is 1.51. The summed E-state index contributed by atoms with van der Waals surface area (Å²) in [6, 6.07) is 6.25. The molecule has 118 valence electrons. The summed E-state index contributed by atoms with van der Waals surface area (Å²) in [4.78, 5) is 9.00. The van der Waals surface area contributed by atoms with E-state index in [1.54, 1.807) is 18.4 Å². The van der Waals surface area contributed by atoms with Gasteiger partial charge in [-0.25, -0.2) is 9.37 Å². The van der Waals surface area contributed by atoms with Gasteiger partial charge in [-0.05, 0) is 18.2 Å². The van der Waals surface area contributed by atoms with Gasteiger partial charge in [0.25, 0.3) is 0 Å². The lowest BCUT2D eigenvalue weighted by Crippen LogP contribution is -2.46. The van der Waals surface area contributed by atoms with Gasteiger partial charge in [-0.1, -0.05) is 6.07 Å². The second kappa shape index (κ2) is 7.00. The van der Waals surface area contributed by atoms with Crippen molar-refractivity contribution in [1.29, 1.82) is 0 Å². The van der Waals surface area contributed by atoms with Crippen LogP contribution in [0.25, 0.3) is 11.5 Å². The molecule has 2 aromatic rings. The number of β-amino-alcohol motifs (C(OH)–C–C–N with tert-alkyl or cyclic N) is 1. The summed E-state index contributed by atoms with van der Waals surface area (Å²) in [6.45, 7) is 5.47. The van der Waals surface area contributed by atoms with Gasteiger partial charge in [0, 0.05) is 44.8 Å². The first-order valence-electron chi connectivity index (χ1n) is 7.50. The first-order valence-corrected chi connectivity index (χ1v) is 7.50. The molecule has 0 atom stereocenters. The Morgan fingerprint density at radius 2 is 1.95 bits per heavy atom. The van der Waals surface area contributed by atoms with E-state index in [-0.39, 0.29) is 12.4 Å². The summed E-state index contributed by atoms with van der Waals surface area (Å²) in [7, 11) is 0. The van der Waals surface area contributed by atoms with Crippen molar-refractivity contribution in [3.63, 3.8) is 0 Å². The molecule has 0 bridgehead atoms. The summed E-state index contributed by atoms with van der Waals surface area (Å²) < 4.78 is 18.7. The molecule has 1 N–H and O–H groups in total. The highest BCUT2D eigenvalue weighted by Crippen LogP contribution is 2.20. The highest BCUT2D eigenvalue weighted by molar-refractivity contribution is 5.52. The van der Waals surface area contributed by atoms with Gasteiger partial charge < -0.3 is 9.52 Å². The molecular formula is C16H20FN3O2. The van der Waals surface area contributed by atoms with Crippen molar-refractivity contribution in [3.8, 4) is 11.5 Å². The fourth-order valence-corrected chi connectivity index (χ4v) is 2.68. The van der Waals surface area contributed by atoms with Crippen molar-refractivity contribution >= 4 is 0 Å². The van der Waals surface area contributed by atoms with E-state index in [0.29, 0.717) is 11.5 Å². The molecule has 3 rings (SSSR count). The van der Waals surface area contributed by atoms with Crippen LogP contribution in [0.5, 0.6) is 0 Å². The molecule has 0 spiro atoms. The van der Waals surface area contributed by atoms with Crippen LogP contribution in [0.3, 0.4) is 0 Å². The largest absolute Gasteiger partial charge is 0.444 e. The second-order valence-electron chi connectivity index (χ2n) is 5.50. The molecule has 0 radical (unpaired) electrons. The molecule has 1 aliphatic heterocycles. The molecule has 1 saturated heterocycles. The predicted octanol–water partition coefficient (Wildman–Crippen LogP) is 1.59. The predicted molar refractivity (Wildman–Crippen MR) is 80.7 cm³/mol. The number of oxazole rings is 1. The minimum atomic E-state index is -0.294. The number of benzene rings is 1. The molecule has 1 aromatic heterocycles. The van der Waals surface area contributed by atoms with Crippen LogP contribution >= 0.6 is 0 Å². The zero-order chi connectivity index (χ0) is 15.4. The van der Waals surface area contributed by atoms with E-state index in [1.807, 2.05) is 0 Å². The number of aliphatic hydroxyl groups excluding tert-OH is 1. The Morgan fingerprint density at radius 1 is 1.18 bits per heavy atom. The quantitative estimate of drug-likeness (QED) is 0.909. The summed E-state index contributed by atoms with van der Waals surface area (Å²) in [5.74, 6) is 0.158. The Labute approximate surface area is 129 Å². The lowest BCUT2D eigenvalue weighted by molar-refractivity contribution is 0.107. The number of aromatic nitrogens is 1. The van der Waals surface area contributed by atoms with Crippen molar-refractivity contribution in [2.75, 3.05) is 39.3 Å². The number of halogens is 1. The van der Waals surface area contributed by atoms with Crippen LogP contribution in [0.4, 0.5) is 4.39 Å². The van der Waals surface area contributed by atoms with E-state index in [1.165, 1.54) is 12.1 Å². The molecule has 0 unspecified atom stereocenters. The maximum Gasteiger partial charge on any atom is 0.226 e. The molecule has 0 amide bonds. The van der Waals surface area contributed by atoms with Crippen molar-refractivity contribution in [2.45, 2.75) is 6.54 Å². The average Bonchev–Trinajstić information content (AvgIpc) is 2.98. The second-order valence-corrected chi connectivity index (χ2v) is 5.50.